The minimum atomic E-state index is -1.40. The zero-order valence-corrected chi connectivity index (χ0v) is 16.0. The first-order chi connectivity index (χ1) is 12.4. The van der Waals surface area contributed by atoms with Crippen LogP contribution in [0.25, 0.3) is 11.0 Å². The van der Waals surface area contributed by atoms with Crippen molar-refractivity contribution in [1.29, 1.82) is 0 Å². The molecule has 6 nitrogen and oxygen atoms in total. The number of benzene rings is 2. The SMILES string of the molecule is CCn1c([C@@H](C)N[S+]([O-])c2ccc(Cl)cc2)nc2ccc(C(N)=O)cc21. The van der Waals surface area contributed by atoms with Crippen molar-refractivity contribution in [3.05, 3.63) is 58.9 Å². The molecule has 1 aromatic heterocycles. The van der Waals surface area contributed by atoms with Crippen LogP contribution < -0.4 is 10.5 Å². The number of nitrogens with one attached hydrogen (secondary N) is 1. The van der Waals surface area contributed by atoms with E-state index in [-0.39, 0.29) is 6.04 Å². The first-order valence-corrected chi connectivity index (χ1v) is 9.67. The summed E-state index contributed by atoms with van der Waals surface area (Å²) in [5, 5.41) is 0.594. The number of carbonyl (C=O) groups is 1. The second-order valence-corrected chi connectivity index (χ2v) is 7.53. The highest BCUT2D eigenvalue weighted by Gasteiger charge is 2.22. The molecule has 0 aliphatic carbocycles. The van der Waals surface area contributed by atoms with Gasteiger partial charge in [-0.2, -0.15) is 0 Å². The minimum absolute atomic E-state index is 0.268. The number of imidazole rings is 1. The second-order valence-electron chi connectivity index (χ2n) is 5.84. The van der Waals surface area contributed by atoms with Gasteiger partial charge in [-0.3, -0.25) is 4.79 Å². The highest BCUT2D eigenvalue weighted by Crippen LogP contribution is 2.24. The van der Waals surface area contributed by atoms with E-state index >= 15 is 0 Å². The third-order valence-corrected chi connectivity index (χ3v) is 5.60. The topological polar surface area (TPSA) is 96.0 Å². The lowest BCUT2D eigenvalue weighted by Gasteiger charge is -2.17. The van der Waals surface area contributed by atoms with E-state index in [4.69, 9.17) is 17.3 Å². The van der Waals surface area contributed by atoms with E-state index in [1.165, 1.54) is 0 Å². The third-order valence-electron chi connectivity index (χ3n) is 4.08. The number of fused-ring (bicyclic) bond motifs is 1. The van der Waals surface area contributed by atoms with Gasteiger partial charge in [0.05, 0.1) is 22.4 Å². The predicted molar refractivity (Wildman–Crippen MR) is 103 cm³/mol. The molecule has 1 heterocycles. The Morgan fingerprint density at radius 1 is 1.35 bits per heavy atom. The summed E-state index contributed by atoms with van der Waals surface area (Å²) in [6.07, 6.45) is 0. The van der Waals surface area contributed by atoms with Crippen LogP contribution in [0.1, 0.15) is 36.1 Å². The number of amides is 1. The zero-order chi connectivity index (χ0) is 18.8. The van der Waals surface area contributed by atoms with Gasteiger partial charge in [0, 0.05) is 17.1 Å². The molecule has 0 saturated carbocycles. The molecule has 0 radical (unpaired) electrons. The normalized spacial score (nSPS) is 13.7. The van der Waals surface area contributed by atoms with Crippen LogP contribution in [0.15, 0.2) is 47.4 Å². The number of halogens is 1. The number of aryl methyl sites for hydroxylation is 1. The Hall–Kier alpha value is -2.06. The Balaban J connectivity index is 1.90. The average molecular weight is 391 g/mol. The molecule has 0 bridgehead atoms. The fourth-order valence-corrected chi connectivity index (χ4v) is 3.87. The van der Waals surface area contributed by atoms with Gasteiger partial charge in [0.1, 0.15) is 11.9 Å². The maximum atomic E-state index is 12.6. The van der Waals surface area contributed by atoms with Gasteiger partial charge in [0.15, 0.2) is 4.90 Å². The van der Waals surface area contributed by atoms with Gasteiger partial charge in [-0.15, -0.1) is 4.72 Å². The largest absolute Gasteiger partial charge is 0.593 e. The second kappa shape index (κ2) is 7.67. The van der Waals surface area contributed by atoms with Crippen LogP contribution in [-0.4, -0.2) is 20.0 Å². The average Bonchev–Trinajstić information content (AvgIpc) is 2.99. The molecule has 136 valence electrons. The molecule has 1 unspecified atom stereocenters. The van der Waals surface area contributed by atoms with E-state index in [1.807, 2.05) is 18.4 Å². The lowest BCUT2D eigenvalue weighted by atomic mass is 10.2. The molecule has 2 atom stereocenters. The fourth-order valence-electron chi connectivity index (χ4n) is 2.80. The van der Waals surface area contributed by atoms with Crippen LogP contribution in [0, 0.1) is 0 Å². The molecule has 0 spiro atoms. The van der Waals surface area contributed by atoms with Crippen molar-refractivity contribution < 1.29 is 9.35 Å². The molecule has 3 N–H and O–H groups in total. The smallest absolute Gasteiger partial charge is 0.248 e. The number of aromatic nitrogens is 2. The Morgan fingerprint density at radius 2 is 2.04 bits per heavy atom. The molecule has 3 aromatic rings. The summed E-state index contributed by atoms with van der Waals surface area (Å²) in [5.74, 6) is 0.263. The van der Waals surface area contributed by atoms with Crippen molar-refractivity contribution in [2.75, 3.05) is 0 Å². The van der Waals surface area contributed by atoms with Crippen molar-refractivity contribution >= 4 is 39.9 Å². The van der Waals surface area contributed by atoms with Crippen LogP contribution in [0.3, 0.4) is 0 Å². The zero-order valence-electron chi connectivity index (χ0n) is 14.4. The van der Waals surface area contributed by atoms with Gasteiger partial charge >= 0.3 is 0 Å². The number of rotatable bonds is 6. The predicted octanol–water partition coefficient (Wildman–Crippen LogP) is 3.18. The molecule has 0 fully saturated rings. The van der Waals surface area contributed by atoms with E-state index in [1.54, 1.807) is 42.5 Å². The van der Waals surface area contributed by atoms with Crippen molar-refractivity contribution in [1.82, 2.24) is 14.3 Å². The maximum Gasteiger partial charge on any atom is 0.248 e. The van der Waals surface area contributed by atoms with Crippen LogP contribution in [-0.2, 0) is 17.9 Å². The summed E-state index contributed by atoms with van der Waals surface area (Å²) in [6.45, 7) is 4.55. The summed E-state index contributed by atoms with van der Waals surface area (Å²) < 4.78 is 17.6. The maximum absolute atomic E-state index is 12.6. The molecule has 26 heavy (non-hydrogen) atoms. The van der Waals surface area contributed by atoms with Crippen molar-refractivity contribution in [3.8, 4) is 0 Å². The first kappa shape index (κ1) is 18.7. The minimum Gasteiger partial charge on any atom is -0.593 e. The van der Waals surface area contributed by atoms with Crippen molar-refractivity contribution in [3.63, 3.8) is 0 Å². The summed E-state index contributed by atoms with van der Waals surface area (Å²) >= 11 is 4.47. The fraction of sp³-hybridized carbons (Fsp3) is 0.222. The van der Waals surface area contributed by atoms with Gasteiger partial charge in [-0.05, 0) is 56.3 Å². The molecule has 0 aliphatic rings. The van der Waals surface area contributed by atoms with Gasteiger partial charge in [-0.25, -0.2) is 4.98 Å². The molecule has 0 aliphatic heterocycles. The molecule has 3 rings (SSSR count). The summed E-state index contributed by atoms with van der Waals surface area (Å²) in [6, 6.07) is 11.7. The lowest BCUT2D eigenvalue weighted by molar-refractivity contribution is 0.100. The van der Waals surface area contributed by atoms with Gasteiger partial charge in [0.25, 0.3) is 0 Å². The van der Waals surface area contributed by atoms with Crippen LogP contribution in [0.5, 0.6) is 0 Å². The Kier molecular flexibility index (Phi) is 5.52. The van der Waals surface area contributed by atoms with Gasteiger partial charge < -0.3 is 14.9 Å². The summed E-state index contributed by atoms with van der Waals surface area (Å²) in [7, 11) is 0. The molecule has 1 amide bonds. The van der Waals surface area contributed by atoms with Gasteiger partial charge in [0.2, 0.25) is 5.91 Å². The number of hydrogen-bond donors (Lipinski definition) is 2. The summed E-state index contributed by atoms with van der Waals surface area (Å²) in [4.78, 5) is 16.7. The van der Waals surface area contributed by atoms with E-state index in [9.17, 15) is 9.35 Å². The monoisotopic (exact) mass is 390 g/mol. The third kappa shape index (κ3) is 3.71. The number of nitrogens with zero attached hydrogens (tertiary/aromatic N) is 2. The Bertz CT molecular complexity index is 942. The van der Waals surface area contributed by atoms with Crippen LogP contribution in [0.2, 0.25) is 5.02 Å². The number of primary amides is 1. The van der Waals surface area contributed by atoms with E-state index in [0.717, 1.165) is 16.9 Å². The number of nitrogens with two attached hydrogens (primary N) is 1. The lowest BCUT2D eigenvalue weighted by Crippen LogP contribution is -2.28. The molecular formula is C18H19ClN4O2S. The quantitative estimate of drug-likeness (QED) is 0.632. The Morgan fingerprint density at radius 3 is 2.65 bits per heavy atom. The molecule has 8 heteroatoms. The molecule has 2 aromatic carbocycles. The molecular weight excluding hydrogens is 372 g/mol. The number of carbonyl (C=O) groups excluding carboxylic acids is 1. The Labute approximate surface area is 159 Å². The molecule has 0 saturated heterocycles. The van der Waals surface area contributed by atoms with Crippen molar-refractivity contribution in [2.24, 2.45) is 5.73 Å². The van der Waals surface area contributed by atoms with Crippen LogP contribution >= 0.6 is 11.6 Å². The highest BCUT2D eigenvalue weighted by atomic mass is 35.5. The van der Waals surface area contributed by atoms with E-state index < -0.39 is 17.3 Å². The number of hydrogen-bond acceptors (Lipinski definition) is 4. The standard InChI is InChI=1S/C18H19ClN4O2S/c1-3-23-16-10-12(17(20)24)4-9-15(16)21-18(23)11(2)22-26(25)14-7-5-13(19)6-8-14/h4-11,22H,3H2,1-2H3,(H2,20,24)/t11-,26?/m1/s1. The highest BCUT2D eigenvalue weighted by molar-refractivity contribution is 7.89. The van der Waals surface area contributed by atoms with Crippen LogP contribution in [0.4, 0.5) is 0 Å². The van der Waals surface area contributed by atoms with Crippen molar-refractivity contribution in [2.45, 2.75) is 31.3 Å². The van der Waals surface area contributed by atoms with Gasteiger partial charge in [-0.1, -0.05) is 11.6 Å². The summed E-state index contributed by atoms with van der Waals surface area (Å²) in [5.41, 5.74) is 7.39. The van der Waals surface area contributed by atoms with E-state index in [0.29, 0.717) is 22.0 Å². The van der Waals surface area contributed by atoms with E-state index in [2.05, 4.69) is 9.71 Å². The first-order valence-electron chi connectivity index (χ1n) is 8.14.